The van der Waals surface area contributed by atoms with Crippen LogP contribution in [-0.4, -0.2) is 29.7 Å². The molecule has 1 aromatic carbocycles. The monoisotopic (exact) mass is 303 g/mol. The largest absolute Gasteiger partial charge is 0.324 e. The Morgan fingerprint density at radius 1 is 1.14 bits per heavy atom. The molecule has 0 spiro atoms. The topological polar surface area (TPSA) is 119 Å². The Bertz CT molecular complexity index is 743. The van der Waals surface area contributed by atoms with Crippen LogP contribution in [0, 0.1) is 0 Å². The van der Waals surface area contributed by atoms with E-state index in [9.17, 15) is 0 Å². The van der Waals surface area contributed by atoms with E-state index in [1.54, 1.807) is 12.1 Å². The molecule has 106 valence electrons. The van der Waals surface area contributed by atoms with Gasteiger partial charge in [-0.2, -0.15) is 24.7 Å². The smallest absolute Gasteiger partial charge is 0.258 e. The molecular formula is C11H10ClN9. The fourth-order valence-corrected chi connectivity index (χ4v) is 1.78. The summed E-state index contributed by atoms with van der Waals surface area (Å²) in [5, 5.41) is 7.58. The van der Waals surface area contributed by atoms with Crippen molar-refractivity contribution in [3.8, 4) is 5.95 Å². The van der Waals surface area contributed by atoms with Gasteiger partial charge in [0.05, 0.1) is 0 Å². The molecule has 9 nitrogen and oxygen atoms in total. The molecule has 0 fully saturated rings. The lowest BCUT2D eigenvalue weighted by Crippen LogP contribution is -2.15. The Morgan fingerprint density at radius 3 is 2.71 bits per heavy atom. The predicted molar refractivity (Wildman–Crippen MR) is 77.3 cm³/mol. The molecule has 0 atom stereocenters. The first kappa shape index (κ1) is 13.2. The molecule has 0 aliphatic heterocycles. The summed E-state index contributed by atoms with van der Waals surface area (Å²) in [4.78, 5) is 16.3. The first-order valence-corrected chi connectivity index (χ1v) is 6.23. The van der Waals surface area contributed by atoms with Crippen molar-refractivity contribution < 1.29 is 0 Å². The van der Waals surface area contributed by atoms with Crippen LogP contribution in [0.1, 0.15) is 0 Å². The number of hydrogen-bond donors (Lipinski definition) is 3. The van der Waals surface area contributed by atoms with Gasteiger partial charge in [0.25, 0.3) is 5.95 Å². The fraction of sp³-hybridized carbons (Fsp3) is 0. The minimum absolute atomic E-state index is 0.194. The van der Waals surface area contributed by atoms with Crippen LogP contribution in [0.15, 0.2) is 36.9 Å². The normalized spacial score (nSPS) is 10.4. The summed E-state index contributed by atoms with van der Waals surface area (Å²) in [5.74, 6) is 6.13. The molecular weight excluding hydrogens is 294 g/mol. The van der Waals surface area contributed by atoms with E-state index in [4.69, 9.17) is 17.4 Å². The first-order valence-electron chi connectivity index (χ1n) is 5.85. The van der Waals surface area contributed by atoms with Crippen LogP contribution >= 0.6 is 11.6 Å². The van der Waals surface area contributed by atoms with Crippen molar-refractivity contribution in [3.63, 3.8) is 0 Å². The number of hydrogen-bond acceptors (Lipinski definition) is 8. The average molecular weight is 304 g/mol. The van der Waals surface area contributed by atoms with E-state index in [0.29, 0.717) is 11.0 Å². The summed E-state index contributed by atoms with van der Waals surface area (Å²) in [6.45, 7) is 0. The van der Waals surface area contributed by atoms with Crippen molar-refractivity contribution in [1.29, 1.82) is 0 Å². The number of nitrogens with zero attached hydrogens (tertiary/aromatic N) is 6. The van der Waals surface area contributed by atoms with Gasteiger partial charge in [-0.25, -0.2) is 10.8 Å². The van der Waals surface area contributed by atoms with E-state index in [0.717, 1.165) is 5.69 Å². The molecule has 0 amide bonds. The maximum atomic E-state index is 5.93. The van der Waals surface area contributed by atoms with E-state index in [-0.39, 0.29) is 11.9 Å². The quantitative estimate of drug-likeness (QED) is 0.485. The Hall–Kier alpha value is -2.78. The van der Waals surface area contributed by atoms with Gasteiger partial charge in [-0.3, -0.25) is 5.43 Å². The average Bonchev–Trinajstić information content (AvgIpc) is 3.01. The summed E-state index contributed by atoms with van der Waals surface area (Å²) in [5.41, 5.74) is 3.11. The van der Waals surface area contributed by atoms with Crippen molar-refractivity contribution >= 4 is 29.2 Å². The SMILES string of the molecule is NNc1nc(Nc2cccc(Cl)c2)nc(-n2cncn2)n1. The number of rotatable bonds is 4. The Labute approximate surface area is 124 Å². The second-order valence-electron chi connectivity index (χ2n) is 3.90. The third kappa shape index (κ3) is 3.04. The van der Waals surface area contributed by atoms with Crippen molar-refractivity contribution in [2.24, 2.45) is 5.84 Å². The van der Waals surface area contributed by atoms with Gasteiger partial charge in [0.1, 0.15) is 12.7 Å². The van der Waals surface area contributed by atoms with Crippen molar-refractivity contribution in [2.45, 2.75) is 0 Å². The number of nitrogens with two attached hydrogens (primary N) is 1. The number of benzene rings is 1. The summed E-state index contributed by atoms with van der Waals surface area (Å²) in [6.07, 6.45) is 2.85. The van der Waals surface area contributed by atoms with Crippen LogP contribution in [-0.2, 0) is 0 Å². The van der Waals surface area contributed by atoms with Crippen molar-refractivity contribution in [3.05, 3.63) is 41.9 Å². The minimum atomic E-state index is 0.194. The second kappa shape index (κ2) is 5.69. The summed E-state index contributed by atoms with van der Waals surface area (Å²) in [6, 6.07) is 7.16. The van der Waals surface area contributed by atoms with Crippen LogP contribution < -0.4 is 16.6 Å². The minimum Gasteiger partial charge on any atom is -0.324 e. The maximum absolute atomic E-state index is 5.93. The number of halogens is 1. The first-order chi connectivity index (χ1) is 10.2. The maximum Gasteiger partial charge on any atom is 0.258 e. The molecule has 0 radical (unpaired) electrons. The van der Waals surface area contributed by atoms with E-state index in [1.165, 1.54) is 17.3 Å². The molecule has 0 unspecified atom stereocenters. The molecule has 0 bridgehead atoms. The van der Waals surface area contributed by atoms with Crippen LogP contribution in [0.3, 0.4) is 0 Å². The van der Waals surface area contributed by atoms with E-state index in [2.05, 4.69) is 35.8 Å². The lowest BCUT2D eigenvalue weighted by Gasteiger charge is -2.08. The van der Waals surface area contributed by atoms with Gasteiger partial charge in [-0.15, -0.1) is 0 Å². The zero-order valence-corrected chi connectivity index (χ0v) is 11.4. The van der Waals surface area contributed by atoms with Crippen LogP contribution in [0.4, 0.5) is 17.6 Å². The number of anilines is 3. The predicted octanol–water partition coefficient (Wildman–Crippen LogP) is 1.13. The molecule has 0 aliphatic carbocycles. The summed E-state index contributed by atoms with van der Waals surface area (Å²) < 4.78 is 1.39. The second-order valence-corrected chi connectivity index (χ2v) is 4.34. The van der Waals surface area contributed by atoms with Crippen LogP contribution in [0.2, 0.25) is 5.02 Å². The van der Waals surface area contributed by atoms with Crippen LogP contribution in [0.5, 0.6) is 0 Å². The lowest BCUT2D eigenvalue weighted by molar-refractivity contribution is 0.797. The fourth-order valence-electron chi connectivity index (χ4n) is 1.59. The van der Waals surface area contributed by atoms with Gasteiger partial charge < -0.3 is 5.32 Å². The van der Waals surface area contributed by atoms with E-state index in [1.807, 2.05) is 12.1 Å². The van der Waals surface area contributed by atoms with Crippen molar-refractivity contribution in [2.75, 3.05) is 10.7 Å². The number of nitrogen functional groups attached to an aromatic ring is 1. The summed E-state index contributed by atoms with van der Waals surface area (Å²) in [7, 11) is 0. The van der Waals surface area contributed by atoms with Gasteiger partial charge in [-0.05, 0) is 18.2 Å². The molecule has 10 heteroatoms. The third-order valence-corrected chi connectivity index (χ3v) is 2.69. The molecule has 0 aliphatic rings. The highest BCUT2D eigenvalue weighted by Gasteiger charge is 2.08. The molecule has 2 aromatic heterocycles. The highest BCUT2D eigenvalue weighted by atomic mass is 35.5. The van der Waals surface area contributed by atoms with E-state index < -0.39 is 0 Å². The molecule has 21 heavy (non-hydrogen) atoms. The Morgan fingerprint density at radius 2 is 2.00 bits per heavy atom. The number of hydrazine groups is 1. The lowest BCUT2D eigenvalue weighted by atomic mass is 10.3. The number of nitrogens with one attached hydrogen (secondary N) is 2. The summed E-state index contributed by atoms with van der Waals surface area (Å²) >= 11 is 5.93. The molecule has 3 aromatic rings. The van der Waals surface area contributed by atoms with Gasteiger partial charge >= 0.3 is 0 Å². The van der Waals surface area contributed by atoms with Crippen molar-refractivity contribution in [1.82, 2.24) is 29.7 Å². The molecule has 4 N–H and O–H groups in total. The third-order valence-electron chi connectivity index (χ3n) is 2.46. The van der Waals surface area contributed by atoms with Gasteiger partial charge in [0, 0.05) is 10.7 Å². The van der Waals surface area contributed by atoms with E-state index >= 15 is 0 Å². The highest BCUT2D eigenvalue weighted by Crippen LogP contribution is 2.18. The number of aromatic nitrogens is 6. The van der Waals surface area contributed by atoms with Gasteiger partial charge in [0.2, 0.25) is 11.9 Å². The standard InChI is InChI=1S/C11H10ClN9/c12-7-2-1-3-8(4-7)16-9-17-10(20-13)19-11(18-9)21-6-14-5-15-21/h1-6H,13H2,(H2,16,17,18,19,20). The zero-order valence-electron chi connectivity index (χ0n) is 10.6. The Balaban J connectivity index is 1.96. The Kier molecular flexibility index (Phi) is 3.58. The molecule has 0 saturated carbocycles. The van der Waals surface area contributed by atoms with Crippen LogP contribution in [0.25, 0.3) is 5.95 Å². The highest BCUT2D eigenvalue weighted by molar-refractivity contribution is 6.30. The van der Waals surface area contributed by atoms with Gasteiger partial charge in [0.15, 0.2) is 0 Å². The van der Waals surface area contributed by atoms with Gasteiger partial charge in [-0.1, -0.05) is 17.7 Å². The molecule has 3 rings (SSSR count). The molecule has 2 heterocycles. The molecule has 0 saturated heterocycles. The zero-order chi connectivity index (χ0) is 14.7.